The van der Waals surface area contributed by atoms with Crippen molar-refractivity contribution in [3.63, 3.8) is 0 Å². The molecule has 1 aliphatic rings. The second kappa shape index (κ2) is 4.79. The molecular formula is C17H13ClO3. The maximum absolute atomic E-state index is 10.5. The van der Waals surface area contributed by atoms with Crippen molar-refractivity contribution in [2.75, 3.05) is 0 Å². The molecule has 0 aliphatic carbocycles. The molecule has 1 aliphatic heterocycles. The minimum Gasteiger partial charge on any atom is -0.487 e. The molecule has 0 fully saturated rings. The molecule has 21 heavy (non-hydrogen) atoms. The average molecular weight is 301 g/mol. The molecular weight excluding hydrogens is 288 g/mol. The summed E-state index contributed by atoms with van der Waals surface area (Å²) in [5.74, 6) is 1.31. The van der Waals surface area contributed by atoms with Gasteiger partial charge in [0.1, 0.15) is 23.7 Å². The predicted molar refractivity (Wildman–Crippen MR) is 80.7 cm³/mol. The fraction of sp³-hybridized carbons (Fsp3) is 0.176. The quantitative estimate of drug-likeness (QED) is 0.774. The zero-order valence-electron chi connectivity index (χ0n) is 11.1. The van der Waals surface area contributed by atoms with Gasteiger partial charge in [0.05, 0.1) is 5.02 Å². The van der Waals surface area contributed by atoms with Gasteiger partial charge in [-0.15, -0.1) is 0 Å². The molecule has 0 bridgehead atoms. The minimum absolute atomic E-state index is 0.332. The van der Waals surface area contributed by atoms with E-state index >= 15 is 0 Å². The number of hydrogen-bond acceptors (Lipinski definition) is 3. The summed E-state index contributed by atoms with van der Waals surface area (Å²) >= 11 is 6.10. The molecule has 1 aromatic heterocycles. The van der Waals surface area contributed by atoms with E-state index in [1.54, 1.807) is 6.07 Å². The fourth-order valence-corrected chi connectivity index (χ4v) is 2.98. The Bertz CT molecular complexity index is 784. The number of rotatable bonds is 2. The summed E-state index contributed by atoms with van der Waals surface area (Å²) in [6, 6.07) is 15.2. The van der Waals surface area contributed by atoms with E-state index in [0.29, 0.717) is 22.8 Å². The second-order valence-corrected chi connectivity index (χ2v) is 5.63. The number of fused-ring (bicyclic) bond motifs is 2. The van der Waals surface area contributed by atoms with Gasteiger partial charge in [-0.1, -0.05) is 41.9 Å². The van der Waals surface area contributed by atoms with E-state index in [0.717, 1.165) is 16.7 Å². The highest BCUT2D eigenvalue weighted by molar-refractivity contribution is 6.34. The zero-order valence-corrected chi connectivity index (χ0v) is 11.9. The van der Waals surface area contributed by atoms with Gasteiger partial charge in [-0.3, -0.25) is 0 Å². The van der Waals surface area contributed by atoms with Crippen molar-refractivity contribution >= 4 is 22.6 Å². The smallest absolute Gasteiger partial charge is 0.152 e. The summed E-state index contributed by atoms with van der Waals surface area (Å²) in [6.07, 6.45) is -0.482. The van der Waals surface area contributed by atoms with Crippen molar-refractivity contribution in [2.24, 2.45) is 0 Å². The van der Waals surface area contributed by atoms with Gasteiger partial charge in [0.2, 0.25) is 0 Å². The molecule has 106 valence electrons. The lowest BCUT2D eigenvalue weighted by Gasteiger charge is -2.15. The molecule has 4 heteroatoms. The summed E-state index contributed by atoms with van der Waals surface area (Å²) in [5, 5.41) is 11.9. The van der Waals surface area contributed by atoms with Crippen LogP contribution in [0.1, 0.15) is 17.4 Å². The number of hydrogen-bond donors (Lipinski definition) is 1. The standard InChI is InChI=1S/C17H13ClO3/c18-12-6-3-5-11-9-15(21-17(11)12)16(19)14-8-10-4-1-2-7-13(10)20-14/h1-7,9,14,16,19H,8H2. The fourth-order valence-electron chi connectivity index (χ4n) is 2.76. The Hall–Kier alpha value is -1.97. The van der Waals surface area contributed by atoms with E-state index < -0.39 is 6.10 Å². The number of para-hydroxylation sites is 2. The number of furan rings is 1. The van der Waals surface area contributed by atoms with Crippen LogP contribution in [0.15, 0.2) is 52.9 Å². The Kier molecular flexibility index (Phi) is 2.91. The van der Waals surface area contributed by atoms with E-state index in [1.165, 1.54) is 0 Å². The normalized spacial score (nSPS) is 18.5. The average Bonchev–Trinajstić information content (AvgIpc) is 3.11. The Balaban J connectivity index is 1.66. The Morgan fingerprint density at radius 1 is 1.14 bits per heavy atom. The topological polar surface area (TPSA) is 42.6 Å². The maximum atomic E-state index is 10.5. The largest absolute Gasteiger partial charge is 0.487 e. The molecule has 0 saturated heterocycles. The Morgan fingerprint density at radius 2 is 2.00 bits per heavy atom. The van der Waals surface area contributed by atoms with Gasteiger partial charge in [-0.2, -0.15) is 0 Å². The van der Waals surface area contributed by atoms with Crippen LogP contribution in [0.3, 0.4) is 0 Å². The van der Waals surface area contributed by atoms with E-state index in [4.69, 9.17) is 20.8 Å². The van der Waals surface area contributed by atoms with E-state index in [2.05, 4.69) is 0 Å². The first-order chi connectivity index (χ1) is 10.2. The van der Waals surface area contributed by atoms with Gasteiger partial charge in [0.25, 0.3) is 0 Å². The SMILES string of the molecule is OC(c1cc2cccc(Cl)c2o1)C1Cc2ccccc2O1. The van der Waals surface area contributed by atoms with Gasteiger partial charge >= 0.3 is 0 Å². The van der Waals surface area contributed by atoms with Crippen LogP contribution in [0, 0.1) is 0 Å². The van der Waals surface area contributed by atoms with Crippen molar-refractivity contribution in [2.45, 2.75) is 18.6 Å². The highest BCUT2D eigenvalue weighted by Crippen LogP contribution is 2.36. The molecule has 2 aromatic carbocycles. The molecule has 3 nitrogen and oxygen atoms in total. The monoisotopic (exact) mass is 300 g/mol. The lowest BCUT2D eigenvalue weighted by atomic mass is 10.0. The van der Waals surface area contributed by atoms with Gasteiger partial charge in [-0.05, 0) is 23.8 Å². The minimum atomic E-state index is -0.819. The molecule has 1 N–H and O–H groups in total. The van der Waals surface area contributed by atoms with Crippen molar-refractivity contribution in [1.82, 2.24) is 0 Å². The second-order valence-electron chi connectivity index (χ2n) is 5.22. The van der Waals surface area contributed by atoms with Crippen molar-refractivity contribution in [3.05, 3.63) is 64.9 Å². The van der Waals surface area contributed by atoms with Crippen LogP contribution in [-0.2, 0) is 6.42 Å². The maximum Gasteiger partial charge on any atom is 0.152 e. The molecule has 2 heterocycles. The highest BCUT2D eigenvalue weighted by atomic mass is 35.5. The van der Waals surface area contributed by atoms with Crippen molar-refractivity contribution in [3.8, 4) is 5.75 Å². The summed E-state index contributed by atoms with van der Waals surface area (Å²) in [4.78, 5) is 0. The summed E-state index contributed by atoms with van der Waals surface area (Å²) in [6.45, 7) is 0. The van der Waals surface area contributed by atoms with Crippen LogP contribution in [-0.4, -0.2) is 11.2 Å². The summed E-state index contributed by atoms with van der Waals surface area (Å²) < 4.78 is 11.5. The first kappa shape index (κ1) is 12.7. The van der Waals surface area contributed by atoms with Gasteiger partial charge in [0, 0.05) is 11.8 Å². The number of aliphatic hydroxyl groups is 1. The molecule has 2 atom stereocenters. The molecule has 0 spiro atoms. The van der Waals surface area contributed by atoms with Crippen LogP contribution in [0.25, 0.3) is 11.0 Å². The third-order valence-electron chi connectivity index (χ3n) is 3.83. The molecule has 0 amide bonds. The Labute approximate surface area is 126 Å². The van der Waals surface area contributed by atoms with Crippen LogP contribution >= 0.6 is 11.6 Å². The zero-order chi connectivity index (χ0) is 14.4. The third kappa shape index (κ3) is 2.09. The van der Waals surface area contributed by atoms with Crippen LogP contribution < -0.4 is 4.74 Å². The molecule has 2 unspecified atom stereocenters. The van der Waals surface area contributed by atoms with Gasteiger partial charge < -0.3 is 14.3 Å². The predicted octanol–water partition coefficient (Wildman–Crippen LogP) is 4.12. The van der Waals surface area contributed by atoms with E-state index in [-0.39, 0.29) is 6.10 Å². The number of aliphatic hydroxyl groups excluding tert-OH is 1. The highest BCUT2D eigenvalue weighted by Gasteiger charge is 2.32. The first-order valence-electron chi connectivity index (χ1n) is 6.83. The Morgan fingerprint density at radius 3 is 2.81 bits per heavy atom. The number of benzene rings is 2. The van der Waals surface area contributed by atoms with Gasteiger partial charge in [-0.25, -0.2) is 0 Å². The van der Waals surface area contributed by atoms with E-state index in [9.17, 15) is 5.11 Å². The van der Waals surface area contributed by atoms with Crippen molar-refractivity contribution in [1.29, 1.82) is 0 Å². The van der Waals surface area contributed by atoms with Crippen LogP contribution in [0.2, 0.25) is 5.02 Å². The third-order valence-corrected chi connectivity index (χ3v) is 4.13. The van der Waals surface area contributed by atoms with Gasteiger partial charge in [0.15, 0.2) is 5.58 Å². The van der Waals surface area contributed by atoms with Crippen LogP contribution in [0.5, 0.6) is 5.75 Å². The summed E-state index contributed by atoms with van der Waals surface area (Å²) in [7, 11) is 0. The summed E-state index contributed by atoms with van der Waals surface area (Å²) in [5.41, 5.74) is 1.71. The molecule has 0 saturated carbocycles. The van der Waals surface area contributed by atoms with Crippen LogP contribution in [0.4, 0.5) is 0 Å². The molecule has 0 radical (unpaired) electrons. The first-order valence-corrected chi connectivity index (χ1v) is 7.21. The van der Waals surface area contributed by atoms with E-state index in [1.807, 2.05) is 42.5 Å². The molecule has 4 rings (SSSR count). The lowest BCUT2D eigenvalue weighted by molar-refractivity contribution is 0.0351. The number of ether oxygens (including phenoxy) is 1. The number of halogens is 1. The lowest BCUT2D eigenvalue weighted by Crippen LogP contribution is -2.22. The van der Waals surface area contributed by atoms with Crippen molar-refractivity contribution < 1.29 is 14.3 Å². The molecule has 3 aromatic rings.